The number of nitrogens with zero attached hydrogens (tertiary/aromatic N) is 1. The van der Waals surface area contributed by atoms with Crippen LogP contribution in [-0.4, -0.2) is 12.1 Å². The van der Waals surface area contributed by atoms with E-state index in [9.17, 15) is 0 Å². The molecular formula is C33H31FN2O3. The number of ether oxygens (including phenoxy) is 3. The lowest BCUT2D eigenvalue weighted by molar-refractivity contribution is 0.285. The van der Waals surface area contributed by atoms with Crippen LogP contribution in [0.3, 0.4) is 0 Å². The number of fused-ring (bicyclic) bond motifs is 1. The maximum absolute atomic E-state index is 15.0. The fraction of sp³-hybridized carbons (Fsp3) is 0.182. The van der Waals surface area contributed by atoms with Crippen molar-refractivity contribution in [3.8, 4) is 23.0 Å². The van der Waals surface area contributed by atoms with Gasteiger partial charge in [0.05, 0.1) is 18.3 Å². The fourth-order valence-electron chi connectivity index (χ4n) is 4.22. The minimum atomic E-state index is -0.417. The molecule has 0 bridgehead atoms. The van der Waals surface area contributed by atoms with Crippen LogP contribution in [0.15, 0.2) is 97.2 Å². The number of hydrogen-bond donors (Lipinski definition) is 1. The van der Waals surface area contributed by atoms with Crippen LogP contribution in [0.25, 0.3) is 10.9 Å². The Morgan fingerprint density at radius 1 is 0.821 bits per heavy atom. The highest BCUT2D eigenvalue weighted by Crippen LogP contribution is 2.38. The third-order valence-corrected chi connectivity index (χ3v) is 6.42. The number of halogens is 1. The zero-order chi connectivity index (χ0) is 27.4. The van der Waals surface area contributed by atoms with Crippen LogP contribution in [0, 0.1) is 5.82 Å². The van der Waals surface area contributed by atoms with Crippen molar-refractivity contribution in [2.75, 3.05) is 12.4 Å². The largest absolute Gasteiger partial charge is 0.493 e. The summed E-state index contributed by atoms with van der Waals surface area (Å²) in [5.74, 6) is 1.62. The Kier molecular flexibility index (Phi) is 7.37. The van der Waals surface area contributed by atoms with E-state index in [4.69, 9.17) is 14.2 Å². The quantitative estimate of drug-likeness (QED) is 0.221. The molecule has 0 aliphatic carbocycles. The zero-order valence-electron chi connectivity index (χ0n) is 22.5. The van der Waals surface area contributed by atoms with E-state index >= 15 is 4.39 Å². The lowest BCUT2D eigenvalue weighted by atomic mass is 9.87. The lowest BCUT2D eigenvalue weighted by Gasteiger charge is -2.19. The van der Waals surface area contributed by atoms with Gasteiger partial charge in [-0.2, -0.15) is 0 Å². The molecule has 4 aromatic carbocycles. The second kappa shape index (κ2) is 11.0. The molecule has 0 unspecified atom stereocenters. The first-order valence-electron chi connectivity index (χ1n) is 12.8. The topological polar surface area (TPSA) is 52.6 Å². The number of rotatable bonds is 8. The lowest BCUT2D eigenvalue weighted by Crippen LogP contribution is -2.10. The van der Waals surface area contributed by atoms with Gasteiger partial charge >= 0.3 is 0 Å². The first-order chi connectivity index (χ1) is 18.8. The molecule has 5 nitrogen and oxygen atoms in total. The Balaban J connectivity index is 1.34. The van der Waals surface area contributed by atoms with Crippen molar-refractivity contribution in [3.63, 3.8) is 0 Å². The number of anilines is 2. The Labute approximate surface area is 228 Å². The molecule has 1 aromatic heterocycles. The summed E-state index contributed by atoms with van der Waals surface area (Å²) in [6, 6.07) is 28.1. The van der Waals surface area contributed by atoms with Crippen molar-refractivity contribution < 1.29 is 18.6 Å². The van der Waals surface area contributed by atoms with Crippen LogP contribution in [0.5, 0.6) is 23.0 Å². The second-order valence-corrected chi connectivity index (χ2v) is 10.3. The monoisotopic (exact) mass is 522 g/mol. The standard InChI is InChI=1S/C33H31FN2O3/c1-33(2,3)23-10-12-24(13-11-23)36-28-15-14-25(18-27(28)34)39-30-16-17-35-29-20-32(31(37-4)19-26(29)30)38-21-22-8-6-5-7-9-22/h5-20,36H,21H2,1-4H3. The van der Waals surface area contributed by atoms with Gasteiger partial charge < -0.3 is 19.5 Å². The molecule has 0 saturated heterocycles. The Hall–Kier alpha value is -4.58. The highest BCUT2D eigenvalue weighted by molar-refractivity contribution is 5.88. The van der Waals surface area contributed by atoms with Gasteiger partial charge in [0.25, 0.3) is 0 Å². The summed E-state index contributed by atoms with van der Waals surface area (Å²) in [6.45, 7) is 6.89. The van der Waals surface area contributed by atoms with Gasteiger partial charge in [0.1, 0.15) is 23.9 Å². The summed E-state index contributed by atoms with van der Waals surface area (Å²) in [4.78, 5) is 4.47. The van der Waals surface area contributed by atoms with Crippen molar-refractivity contribution in [3.05, 3.63) is 114 Å². The summed E-state index contributed by atoms with van der Waals surface area (Å²) in [5.41, 5.74) is 4.18. The summed E-state index contributed by atoms with van der Waals surface area (Å²) < 4.78 is 32.7. The molecule has 0 aliphatic heterocycles. The highest BCUT2D eigenvalue weighted by atomic mass is 19.1. The molecule has 5 aromatic rings. The number of aromatic nitrogens is 1. The average molecular weight is 523 g/mol. The molecule has 39 heavy (non-hydrogen) atoms. The van der Waals surface area contributed by atoms with Crippen molar-refractivity contribution in [1.82, 2.24) is 4.98 Å². The molecule has 6 heteroatoms. The molecular weight excluding hydrogens is 491 g/mol. The summed E-state index contributed by atoms with van der Waals surface area (Å²) in [5, 5.41) is 3.87. The molecule has 0 aliphatic rings. The summed E-state index contributed by atoms with van der Waals surface area (Å²) >= 11 is 0. The van der Waals surface area contributed by atoms with Crippen molar-refractivity contribution in [2.45, 2.75) is 32.8 Å². The predicted octanol–water partition coefficient (Wildman–Crippen LogP) is 8.79. The van der Waals surface area contributed by atoms with Gasteiger partial charge in [-0.05, 0) is 52.9 Å². The molecule has 0 spiro atoms. The van der Waals surface area contributed by atoms with Crippen molar-refractivity contribution in [1.29, 1.82) is 0 Å². The van der Waals surface area contributed by atoms with Gasteiger partial charge in [-0.15, -0.1) is 0 Å². The molecule has 0 atom stereocenters. The molecule has 5 rings (SSSR count). The van der Waals surface area contributed by atoms with E-state index in [-0.39, 0.29) is 5.41 Å². The zero-order valence-corrected chi connectivity index (χ0v) is 22.5. The number of methoxy groups -OCH3 is 1. The first-order valence-corrected chi connectivity index (χ1v) is 12.8. The van der Waals surface area contributed by atoms with Crippen molar-refractivity contribution in [2.24, 2.45) is 0 Å². The number of benzene rings is 4. The van der Waals surface area contributed by atoms with Gasteiger partial charge in [-0.1, -0.05) is 63.2 Å². The third kappa shape index (κ3) is 6.12. The van der Waals surface area contributed by atoms with Crippen LogP contribution in [0.1, 0.15) is 31.9 Å². The average Bonchev–Trinajstić information content (AvgIpc) is 2.93. The molecule has 1 heterocycles. The number of nitrogens with one attached hydrogen (secondary N) is 1. The Morgan fingerprint density at radius 3 is 2.28 bits per heavy atom. The predicted molar refractivity (Wildman–Crippen MR) is 154 cm³/mol. The Morgan fingerprint density at radius 2 is 1.59 bits per heavy atom. The van der Waals surface area contributed by atoms with E-state index in [1.165, 1.54) is 11.6 Å². The SMILES string of the molecule is COc1cc2c(Oc3ccc(Nc4ccc(C(C)(C)C)cc4)c(F)c3)ccnc2cc1OCc1ccccc1. The van der Waals surface area contributed by atoms with E-state index in [1.807, 2.05) is 54.6 Å². The second-order valence-electron chi connectivity index (χ2n) is 10.3. The molecule has 0 fully saturated rings. The minimum Gasteiger partial charge on any atom is -0.493 e. The van der Waals surface area contributed by atoms with Gasteiger partial charge in [0.15, 0.2) is 11.5 Å². The van der Waals surface area contributed by atoms with E-state index in [2.05, 4.69) is 43.2 Å². The normalized spacial score (nSPS) is 11.3. The van der Waals surface area contributed by atoms with Crippen LogP contribution in [0.2, 0.25) is 0 Å². The van der Waals surface area contributed by atoms with Crippen LogP contribution >= 0.6 is 0 Å². The molecule has 1 N–H and O–H groups in total. The van der Waals surface area contributed by atoms with E-state index in [0.717, 1.165) is 16.6 Å². The van der Waals surface area contributed by atoms with Crippen LogP contribution in [0.4, 0.5) is 15.8 Å². The van der Waals surface area contributed by atoms with E-state index in [0.29, 0.717) is 40.8 Å². The maximum atomic E-state index is 15.0. The molecule has 0 amide bonds. The van der Waals surface area contributed by atoms with Gasteiger partial charge in [0.2, 0.25) is 0 Å². The fourth-order valence-corrected chi connectivity index (χ4v) is 4.22. The molecule has 0 saturated carbocycles. The Bertz CT molecular complexity index is 1580. The van der Waals surface area contributed by atoms with Gasteiger partial charge in [-0.3, -0.25) is 4.98 Å². The van der Waals surface area contributed by atoms with E-state index < -0.39 is 5.82 Å². The molecule has 198 valence electrons. The van der Waals surface area contributed by atoms with Gasteiger partial charge in [0, 0.05) is 29.4 Å². The summed E-state index contributed by atoms with van der Waals surface area (Å²) in [7, 11) is 1.59. The number of hydrogen-bond acceptors (Lipinski definition) is 5. The summed E-state index contributed by atoms with van der Waals surface area (Å²) in [6.07, 6.45) is 1.65. The minimum absolute atomic E-state index is 0.0562. The third-order valence-electron chi connectivity index (χ3n) is 6.42. The smallest absolute Gasteiger partial charge is 0.163 e. The molecule has 0 radical (unpaired) electrons. The van der Waals surface area contributed by atoms with Crippen LogP contribution < -0.4 is 19.5 Å². The van der Waals surface area contributed by atoms with E-state index in [1.54, 1.807) is 31.5 Å². The maximum Gasteiger partial charge on any atom is 0.163 e. The highest BCUT2D eigenvalue weighted by Gasteiger charge is 2.15. The van der Waals surface area contributed by atoms with Crippen LogP contribution in [-0.2, 0) is 12.0 Å². The first kappa shape index (κ1) is 26.0. The van der Waals surface area contributed by atoms with Crippen molar-refractivity contribution >= 4 is 22.3 Å². The van der Waals surface area contributed by atoms with Gasteiger partial charge in [-0.25, -0.2) is 4.39 Å². The number of pyridine rings is 1.